The average molecular weight is 537 g/mol. The number of carbonyl (C=O) groups is 1. The number of amides is 1. The summed E-state index contributed by atoms with van der Waals surface area (Å²) in [5.41, 5.74) is 0.995. The first-order valence-electron chi connectivity index (χ1n) is 11.0. The first-order chi connectivity index (χ1) is 17.3. The molecule has 188 valence electrons. The number of halogens is 4. The lowest BCUT2D eigenvalue weighted by Gasteiger charge is -2.33. The summed E-state index contributed by atoms with van der Waals surface area (Å²) in [6, 6.07) is 4.58. The van der Waals surface area contributed by atoms with Gasteiger partial charge in [0.2, 0.25) is 0 Å². The number of ether oxygens (including phenoxy) is 1. The molecule has 5 rings (SSSR count). The van der Waals surface area contributed by atoms with Gasteiger partial charge in [0, 0.05) is 46.1 Å². The third-order valence-electron chi connectivity index (χ3n) is 6.14. The van der Waals surface area contributed by atoms with Crippen LogP contribution in [0.15, 0.2) is 52.7 Å². The zero-order valence-corrected chi connectivity index (χ0v) is 20.4. The highest BCUT2D eigenvalue weighted by molar-refractivity contribution is 7.11. The molecule has 8 nitrogen and oxygen atoms in total. The fraction of sp³-hybridized carbons (Fsp3) is 0.304. The molecule has 13 heteroatoms. The van der Waals surface area contributed by atoms with Crippen molar-refractivity contribution in [1.29, 1.82) is 0 Å². The summed E-state index contributed by atoms with van der Waals surface area (Å²) < 4.78 is 46.5. The van der Waals surface area contributed by atoms with Crippen molar-refractivity contribution in [2.75, 3.05) is 6.61 Å². The van der Waals surface area contributed by atoms with Crippen LogP contribution in [0.4, 0.5) is 18.0 Å². The third kappa shape index (κ3) is 4.58. The molecular formula is C23H20ClF3N6O2S. The summed E-state index contributed by atoms with van der Waals surface area (Å²) in [6.45, 7) is -0.808. The standard InChI is InChI=1S/C23H20ClF3N6O2S/c1-2-23(11-35-22(34)31-23)10-16-17(15-5-7-33(32-15)21(26)27)18(13-4-3-12(25)9-14(13)24)30-19(29-16)20-28-6-8-36-20/h3-9,18,21H,2,10-11H2,1H3,(H,29,30)(H,31,34)/t18-,23-/m0/s1. The van der Waals surface area contributed by atoms with Gasteiger partial charge in [-0.05, 0) is 24.6 Å². The topological polar surface area (TPSA) is 93.4 Å². The Morgan fingerprint density at radius 2 is 2.19 bits per heavy atom. The van der Waals surface area contributed by atoms with Crippen LogP contribution in [0.1, 0.15) is 48.6 Å². The van der Waals surface area contributed by atoms with Crippen LogP contribution in [0.3, 0.4) is 0 Å². The molecule has 0 bridgehead atoms. The molecule has 0 radical (unpaired) electrons. The first kappa shape index (κ1) is 24.3. The predicted molar refractivity (Wildman–Crippen MR) is 128 cm³/mol. The van der Waals surface area contributed by atoms with Gasteiger partial charge in [-0.3, -0.25) is 4.99 Å². The number of cyclic esters (lactones) is 1. The normalized spacial score (nSPS) is 21.9. The van der Waals surface area contributed by atoms with E-state index in [2.05, 4.69) is 20.7 Å². The molecule has 1 amide bonds. The average Bonchev–Trinajstić information content (AvgIpc) is 3.61. The second-order valence-corrected chi connectivity index (χ2v) is 9.67. The van der Waals surface area contributed by atoms with Gasteiger partial charge in [-0.25, -0.2) is 18.9 Å². The number of hydrogen-bond acceptors (Lipinski definition) is 7. The highest BCUT2D eigenvalue weighted by Crippen LogP contribution is 2.43. The minimum absolute atomic E-state index is 0.122. The molecule has 2 N–H and O–H groups in total. The maximum absolute atomic E-state index is 13.9. The van der Waals surface area contributed by atoms with E-state index < -0.39 is 30.0 Å². The Balaban J connectivity index is 1.71. The van der Waals surface area contributed by atoms with Crippen LogP contribution >= 0.6 is 22.9 Å². The SMILES string of the molecule is CC[C@]1(CC2=C(c3ccn(C(F)F)n3)[C@H](c3ccc(F)cc3Cl)N=C(c3nccs3)N2)COC(=O)N1. The molecule has 0 aliphatic carbocycles. The molecule has 1 saturated heterocycles. The largest absolute Gasteiger partial charge is 0.447 e. The second-order valence-electron chi connectivity index (χ2n) is 8.37. The second kappa shape index (κ2) is 9.58. The summed E-state index contributed by atoms with van der Waals surface area (Å²) >= 11 is 7.80. The van der Waals surface area contributed by atoms with Crippen molar-refractivity contribution in [2.45, 2.75) is 37.9 Å². The van der Waals surface area contributed by atoms with Gasteiger partial charge < -0.3 is 15.4 Å². The molecule has 0 unspecified atom stereocenters. The van der Waals surface area contributed by atoms with E-state index in [4.69, 9.17) is 21.3 Å². The quantitative estimate of drug-likeness (QED) is 0.427. The van der Waals surface area contributed by atoms with Crippen molar-refractivity contribution >= 4 is 40.4 Å². The van der Waals surface area contributed by atoms with Crippen molar-refractivity contribution < 1.29 is 22.7 Å². The maximum atomic E-state index is 13.9. The van der Waals surface area contributed by atoms with E-state index in [1.54, 1.807) is 11.6 Å². The van der Waals surface area contributed by atoms with Crippen LogP contribution < -0.4 is 10.6 Å². The predicted octanol–water partition coefficient (Wildman–Crippen LogP) is 5.31. The summed E-state index contributed by atoms with van der Waals surface area (Å²) in [5, 5.41) is 12.8. The van der Waals surface area contributed by atoms with E-state index in [1.807, 2.05) is 6.92 Å². The number of nitrogens with zero attached hydrogens (tertiary/aromatic N) is 4. The number of aromatic nitrogens is 3. The molecule has 0 spiro atoms. The summed E-state index contributed by atoms with van der Waals surface area (Å²) in [7, 11) is 0. The fourth-order valence-corrected chi connectivity index (χ4v) is 5.12. The Kier molecular flexibility index (Phi) is 6.47. The number of alkyl halides is 2. The first-order valence-corrected chi connectivity index (χ1v) is 12.3. The van der Waals surface area contributed by atoms with Gasteiger partial charge >= 0.3 is 12.6 Å². The number of amidine groups is 1. The number of carbonyl (C=O) groups excluding carboxylic acids is 1. The number of benzene rings is 1. The lowest BCUT2D eigenvalue weighted by molar-refractivity contribution is 0.0564. The monoisotopic (exact) mass is 536 g/mol. The molecule has 2 atom stereocenters. The molecule has 0 saturated carbocycles. The number of rotatable bonds is 7. The molecular weight excluding hydrogens is 517 g/mol. The minimum Gasteiger partial charge on any atom is -0.447 e. The van der Waals surface area contributed by atoms with Gasteiger partial charge in [-0.15, -0.1) is 11.3 Å². The lowest BCUT2D eigenvalue weighted by atomic mass is 9.86. The van der Waals surface area contributed by atoms with Crippen molar-refractivity contribution in [2.24, 2.45) is 4.99 Å². The van der Waals surface area contributed by atoms with Crippen LogP contribution in [0.2, 0.25) is 5.02 Å². The van der Waals surface area contributed by atoms with Crippen molar-refractivity contribution in [1.82, 2.24) is 25.4 Å². The van der Waals surface area contributed by atoms with Gasteiger partial charge in [-0.2, -0.15) is 13.9 Å². The highest BCUT2D eigenvalue weighted by atomic mass is 35.5. The Morgan fingerprint density at radius 3 is 2.81 bits per heavy atom. The number of hydrogen-bond donors (Lipinski definition) is 2. The van der Waals surface area contributed by atoms with Gasteiger partial charge in [-0.1, -0.05) is 24.6 Å². The van der Waals surface area contributed by atoms with Gasteiger partial charge in [0.05, 0.1) is 11.2 Å². The van der Waals surface area contributed by atoms with Crippen LogP contribution in [0.5, 0.6) is 0 Å². The summed E-state index contributed by atoms with van der Waals surface area (Å²) in [5.74, 6) is -0.0933. The van der Waals surface area contributed by atoms with Crippen molar-refractivity contribution in [3.05, 3.63) is 74.8 Å². The molecule has 4 heterocycles. The summed E-state index contributed by atoms with van der Waals surface area (Å²) in [6.07, 6.45) is 3.06. The number of alkyl carbamates (subject to hydrolysis) is 1. The summed E-state index contributed by atoms with van der Waals surface area (Å²) in [4.78, 5) is 21.1. The van der Waals surface area contributed by atoms with Gasteiger partial charge in [0.15, 0.2) is 10.8 Å². The zero-order chi connectivity index (χ0) is 25.4. The lowest BCUT2D eigenvalue weighted by Crippen LogP contribution is -2.46. The van der Waals surface area contributed by atoms with E-state index in [0.717, 1.165) is 0 Å². The fourth-order valence-electron chi connectivity index (χ4n) is 4.26. The van der Waals surface area contributed by atoms with E-state index in [9.17, 15) is 18.0 Å². The van der Waals surface area contributed by atoms with Gasteiger partial charge in [0.25, 0.3) is 0 Å². The molecule has 1 fully saturated rings. The van der Waals surface area contributed by atoms with Crippen LogP contribution in [-0.2, 0) is 4.74 Å². The van der Waals surface area contributed by atoms with Crippen LogP contribution in [-0.4, -0.2) is 38.8 Å². The Hall–Kier alpha value is -3.38. The van der Waals surface area contributed by atoms with E-state index in [1.165, 1.54) is 41.8 Å². The van der Waals surface area contributed by atoms with E-state index >= 15 is 0 Å². The Bertz CT molecular complexity index is 1360. The highest BCUT2D eigenvalue weighted by Gasteiger charge is 2.41. The third-order valence-corrected chi connectivity index (χ3v) is 7.25. The molecule has 3 aromatic rings. The van der Waals surface area contributed by atoms with Crippen LogP contribution in [0, 0.1) is 5.82 Å². The molecule has 2 aliphatic heterocycles. The Labute approximate surface area is 212 Å². The zero-order valence-electron chi connectivity index (χ0n) is 18.8. The molecule has 2 aromatic heterocycles. The van der Waals surface area contributed by atoms with E-state index in [0.29, 0.717) is 38.8 Å². The molecule has 36 heavy (non-hydrogen) atoms. The smallest absolute Gasteiger partial charge is 0.407 e. The number of nitrogens with one attached hydrogen (secondary N) is 2. The number of aliphatic imine (C=N–C) groups is 1. The minimum atomic E-state index is -2.84. The van der Waals surface area contributed by atoms with Crippen molar-refractivity contribution in [3.63, 3.8) is 0 Å². The van der Waals surface area contributed by atoms with Gasteiger partial charge in [0.1, 0.15) is 18.5 Å². The molecule has 2 aliphatic rings. The Morgan fingerprint density at radius 1 is 1.36 bits per heavy atom. The van der Waals surface area contributed by atoms with Crippen LogP contribution in [0.25, 0.3) is 5.57 Å². The van der Waals surface area contributed by atoms with Crippen molar-refractivity contribution in [3.8, 4) is 0 Å². The van der Waals surface area contributed by atoms with E-state index in [-0.39, 0.29) is 23.7 Å². The molecule has 1 aromatic carbocycles. The number of thiazole rings is 1. The maximum Gasteiger partial charge on any atom is 0.407 e.